The highest BCUT2D eigenvalue weighted by Gasteiger charge is 2.13. The van der Waals surface area contributed by atoms with Gasteiger partial charge in [0.1, 0.15) is 11.5 Å². The van der Waals surface area contributed by atoms with Gasteiger partial charge in [0.2, 0.25) is 0 Å². The van der Waals surface area contributed by atoms with Gasteiger partial charge in [0, 0.05) is 27.7 Å². The van der Waals surface area contributed by atoms with Crippen molar-refractivity contribution in [3.8, 4) is 11.3 Å². The number of carbonyl (C=O) groups excluding carboxylic acids is 1. The number of hydrazone groups is 1. The van der Waals surface area contributed by atoms with Gasteiger partial charge in [-0.3, -0.25) is 14.9 Å². The lowest BCUT2D eigenvalue weighted by Crippen LogP contribution is -2.17. The van der Waals surface area contributed by atoms with Gasteiger partial charge in [0.25, 0.3) is 11.6 Å². The molecular weight excluding hydrogens is 438 g/mol. The third-order valence-corrected chi connectivity index (χ3v) is 4.31. The van der Waals surface area contributed by atoms with Gasteiger partial charge in [-0.2, -0.15) is 5.10 Å². The van der Waals surface area contributed by atoms with E-state index in [0.717, 1.165) is 4.47 Å². The Labute approximate surface area is 166 Å². The van der Waals surface area contributed by atoms with Gasteiger partial charge < -0.3 is 4.42 Å². The van der Waals surface area contributed by atoms with Crippen LogP contribution in [-0.2, 0) is 0 Å². The van der Waals surface area contributed by atoms with E-state index in [-0.39, 0.29) is 16.6 Å². The van der Waals surface area contributed by atoms with Crippen LogP contribution < -0.4 is 5.43 Å². The van der Waals surface area contributed by atoms with Crippen LogP contribution in [0.5, 0.6) is 0 Å². The van der Waals surface area contributed by atoms with Crippen molar-refractivity contribution in [2.75, 3.05) is 0 Å². The first-order valence-electron chi connectivity index (χ1n) is 7.57. The summed E-state index contributed by atoms with van der Waals surface area (Å²) in [6, 6.07) is 14.3. The molecule has 0 bridgehead atoms. The second-order valence-corrected chi connectivity index (χ2v) is 6.66. The van der Waals surface area contributed by atoms with Gasteiger partial charge in [-0.1, -0.05) is 33.6 Å². The zero-order valence-corrected chi connectivity index (χ0v) is 15.9. The Hall–Kier alpha value is -2.97. The molecule has 0 fully saturated rings. The predicted molar refractivity (Wildman–Crippen MR) is 105 cm³/mol. The summed E-state index contributed by atoms with van der Waals surface area (Å²) in [4.78, 5) is 22.2. The highest BCUT2D eigenvalue weighted by atomic mass is 79.9. The molecule has 0 aliphatic heterocycles. The van der Waals surface area contributed by atoms with E-state index in [1.807, 2.05) is 6.07 Å². The first kappa shape index (κ1) is 18.8. The van der Waals surface area contributed by atoms with Gasteiger partial charge in [-0.25, -0.2) is 5.43 Å². The van der Waals surface area contributed by atoms with Crippen molar-refractivity contribution < 1.29 is 14.1 Å². The fraction of sp³-hybridized carbons (Fsp3) is 0. The van der Waals surface area contributed by atoms with Gasteiger partial charge >= 0.3 is 0 Å². The number of hydrogen-bond donors (Lipinski definition) is 1. The highest BCUT2D eigenvalue weighted by Crippen LogP contribution is 2.32. The summed E-state index contributed by atoms with van der Waals surface area (Å²) in [5.74, 6) is 0.446. The number of nitro benzene ring substituents is 1. The molecule has 0 aliphatic rings. The number of halogens is 2. The number of nitrogens with zero attached hydrogens (tertiary/aromatic N) is 2. The first-order chi connectivity index (χ1) is 12.9. The Morgan fingerprint density at radius 2 is 2.04 bits per heavy atom. The van der Waals surface area contributed by atoms with Crippen molar-refractivity contribution in [3.63, 3.8) is 0 Å². The average Bonchev–Trinajstić information content (AvgIpc) is 3.10. The SMILES string of the molecule is O=C(N/N=C/c1ccc(-c2ccc([N+](=O)[O-])cc2Cl)o1)c1cccc(Br)c1. The second kappa shape index (κ2) is 8.15. The molecule has 136 valence electrons. The van der Waals surface area contributed by atoms with E-state index >= 15 is 0 Å². The smallest absolute Gasteiger partial charge is 0.271 e. The van der Waals surface area contributed by atoms with Gasteiger partial charge in [0.15, 0.2) is 0 Å². The Kier molecular flexibility index (Phi) is 5.68. The van der Waals surface area contributed by atoms with Crippen molar-refractivity contribution in [2.45, 2.75) is 0 Å². The topological polar surface area (TPSA) is 97.7 Å². The third-order valence-electron chi connectivity index (χ3n) is 3.50. The minimum absolute atomic E-state index is 0.104. The molecule has 0 radical (unpaired) electrons. The summed E-state index contributed by atoms with van der Waals surface area (Å²) in [7, 11) is 0. The van der Waals surface area contributed by atoms with Crippen LogP contribution in [0, 0.1) is 10.1 Å². The molecule has 3 rings (SSSR count). The quantitative estimate of drug-likeness (QED) is 0.336. The van der Waals surface area contributed by atoms with Crippen LogP contribution in [0.2, 0.25) is 5.02 Å². The van der Waals surface area contributed by atoms with E-state index in [0.29, 0.717) is 22.6 Å². The molecule has 1 amide bonds. The molecule has 1 heterocycles. The van der Waals surface area contributed by atoms with Crippen LogP contribution in [0.15, 0.2) is 68.6 Å². The maximum atomic E-state index is 12.0. The highest BCUT2D eigenvalue weighted by molar-refractivity contribution is 9.10. The molecule has 1 aromatic heterocycles. The van der Waals surface area contributed by atoms with Crippen molar-refractivity contribution in [1.82, 2.24) is 5.43 Å². The molecule has 27 heavy (non-hydrogen) atoms. The van der Waals surface area contributed by atoms with Gasteiger partial charge in [-0.05, 0) is 36.4 Å². The molecule has 0 spiro atoms. The van der Waals surface area contributed by atoms with E-state index in [9.17, 15) is 14.9 Å². The number of benzene rings is 2. The number of carbonyl (C=O) groups is 1. The fourth-order valence-electron chi connectivity index (χ4n) is 2.23. The molecule has 0 saturated heterocycles. The molecule has 0 atom stereocenters. The molecule has 3 aromatic rings. The number of hydrogen-bond acceptors (Lipinski definition) is 5. The van der Waals surface area contributed by atoms with Crippen LogP contribution in [0.3, 0.4) is 0 Å². The lowest BCUT2D eigenvalue weighted by atomic mass is 10.1. The lowest BCUT2D eigenvalue weighted by Gasteiger charge is -2.01. The lowest BCUT2D eigenvalue weighted by molar-refractivity contribution is -0.384. The summed E-state index contributed by atoms with van der Waals surface area (Å²) in [6.45, 7) is 0. The molecule has 0 unspecified atom stereocenters. The van der Waals surface area contributed by atoms with Crippen molar-refractivity contribution in [3.05, 3.63) is 85.5 Å². The molecule has 2 aromatic carbocycles. The molecule has 0 aliphatic carbocycles. The van der Waals surface area contributed by atoms with Crippen LogP contribution in [0.25, 0.3) is 11.3 Å². The van der Waals surface area contributed by atoms with E-state index in [4.69, 9.17) is 16.0 Å². The van der Waals surface area contributed by atoms with Crippen LogP contribution in [-0.4, -0.2) is 17.0 Å². The van der Waals surface area contributed by atoms with E-state index in [2.05, 4.69) is 26.5 Å². The normalized spacial score (nSPS) is 10.9. The van der Waals surface area contributed by atoms with Crippen LogP contribution >= 0.6 is 27.5 Å². The number of nitro groups is 1. The Morgan fingerprint density at radius 3 is 2.74 bits per heavy atom. The number of rotatable bonds is 5. The maximum Gasteiger partial charge on any atom is 0.271 e. The number of non-ortho nitro benzene ring substituents is 1. The van der Waals surface area contributed by atoms with Crippen LogP contribution in [0.4, 0.5) is 5.69 Å². The maximum absolute atomic E-state index is 12.0. The monoisotopic (exact) mass is 447 g/mol. The summed E-state index contributed by atoms with van der Waals surface area (Å²) in [6.07, 6.45) is 1.35. The standard InChI is InChI=1S/C18H11BrClN3O4/c19-12-3-1-2-11(8-12)18(24)22-21-10-14-5-7-17(27-14)15-6-4-13(23(25)26)9-16(15)20/h1-10H,(H,22,24)/b21-10+. The Morgan fingerprint density at radius 1 is 1.22 bits per heavy atom. The summed E-state index contributed by atoms with van der Waals surface area (Å²) in [5, 5.41) is 14.8. The zero-order chi connectivity index (χ0) is 19.4. The van der Waals surface area contributed by atoms with E-state index in [1.54, 1.807) is 30.3 Å². The largest absolute Gasteiger partial charge is 0.455 e. The molecule has 7 nitrogen and oxygen atoms in total. The van der Waals surface area contributed by atoms with Gasteiger partial charge in [0.05, 0.1) is 16.2 Å². The van der Waals surface area contributed by atoms with Crippen molar-refractivity contribution in [2.24, 2.45) is 5.10 Å². The fourth-order valence-corrected chi connectivity index (χ4v) is 2.90. The van der Waals surface area contributed by atoms with Crippen LogP contribution in [0.1, 0.15) is 16.1 Å². The first-order valence-corrected chi connectivity index (χ1v) is 8.74. The third kappa shape index (κ3) is 4.60. The minimum Gasteiger partial charge on any atom is -0.455 e. The van der Waals surface area contributed by atoms with E-state index in [1.165, 1.54) is 24.4 Å². The van der Waals surface area contributed by atoms with E-state index < -0.39 is 4.92 Å². The minimum atomic E-state index is -0.524. The summed E-state index contributed by atoms with van der Waals surface area (Å²) >= 11 is 9.38. The van der Waals surface area contributed by atoms with Crippen molar-refractivity contribution >= 4 is 45.3 Å². The molecule has 9 heteroatoms. The summed E-state index contributed by atoms with van der Waals surface area (Å²) in [5.41, 5.74) is 3.27. The number of furan rings is 1. The van der Waals surface area contributed by atoms with Crippen molar-refractivity contribution in [1.29, 1.82) is 0 Å². The molecule has 1 N–H and O–H groups in total. The summed E-state index contributed by atoms with van der Waals surface area (Å²) < 4.78 is 6.38. The predicted octanol–water partition coefficient (Wildman–Crippen LogP) is 5.03. The average molecular weight is 449 g/mol. The number of amides is 1. The second-order valence-electron chi connectivity index (χ2n) is 5.33. The molecular formula is C18H11BrClN3O4. The van der Waals surface area contributed by atoms with Gasteiger partial charge in [-0.15, -0.1) is 0 Å². The number of nitrogens with one attached hydrogen (secondary N) is 1. The Bertz CT molecular complexity index is 1050. The molecule has 0 saturated carbocycles. The Balaban J connectivity index is 1.70. The zero-order valence-electron chi connectivity index (χ0n) is 13.6.